The number of carbonyl (C=O) groups is 2. The molecule has 1 fully saturated rings. The van der Waals surface area contributed by atoms with Crippen LogP contribution in [0.25, 0.3) is 0 Å². The number of amides is 2. The summed E-state index contributed by atoms with van der Waals surface area (Å²) in [5.41, 5.74) is 0.669. The third-order valence-electron chi connectivity index (χ3n) is 3.95. The summed E-state index contributed by atoms with van der Waals surface area (Å²) in [6.07, 6.45) is 0.113. The van der Waals surface area contributed by atoms with Crippen LogP contribution in [0.15, 0.2) is 24.3 Å². The van der Waals surface area contributed by atoms with E-state index in [-0.39, 0.29) is 24.0 Å². The molecule has 25 heavy (non-hydrogen) atoms. The van der Waals surface area contributed by atoms with Gasteiger partial charge >= 0.3 is 0 Å². The number of nitrogens with one attached hydrogen (secondary N) is 1. The van der Waals surface area contributed by atoms with E-state index in [1.165, 1.54) is 0 Å². The van der Waals surface area contributed by atoms with Gasteiger partial charge in [0.1, 0.15) is 5.75 Å². The number of hydrogen-bond acceptors (Lipinski definition) is 4. The Morgan fingerprint density at radius 1 is 1.04 bits per heavy atom. The van der Waals surface area contributed by atoms with Crippen molar-refractivity contribution in [1.29, 1.82) is 0 Å². The van der Waals surface area contributed by atoms with Crippen LogP contribution in [-0.4, -0.2) is 66.5 Å². The van der Waals surface area contributed by atoms with Crippen LogP contribution in [0.3, 0.4) is 0 Å². The molecule has 1 heterocycles. The molecule has 0 radical (unpaired) electrons. The second-order valence-corrected chi connectivity index (χ2v) is 6.98. The van der Waals surface area contributed by atoms with Gasteiger partial charge in [-0.3, -0.25) is 14.5 Å². The molecule has 0 atom stereocenters. The third kappa shape index (κ3) is 6.05. The van der Waals surface area contributed by atoms with Crippen molar-refractivity contribution in [3.05, 3.63) is 29.8 Å². The van der Waals surface area contributed by atoms with Crippen LogP contribution in [0.2, 0.25) is 0 Å². The maximum absolute atomic E-state index is 12.6. The van der Waals surface area contributed by atoms with E-state index in [0.29, 0.717) is 38.3 Å². The van der Waals surface area contributed by atoms with Crippen LogP contribution in [0, 0.1) is 0 Å². The Morgan fingerprint density at radius 3 is 2.16 bits per heavy atom. The number of nitrogens with zero attached hydrogens (tertiary/aromatic N) is 2. The van der Waals surface area contributed by atoms with Gasteiger partial charge in [-0.1, -0.05) is 0 Å². The lowest BCUT2D eigenvalue weighted by Gasteiger charge is -2.34. The molecular weight excluding hydrogens is 318 g/mol. The van der Waals surface area contributed by atoms with E-state index in [9.17, 15) is 9.59 Å². The first-order valence-electron chi connectivity index (χ1n) is 8.93. The highest BCUT2D eigenvalue weighted by atomic mass is 16.5. The number of benzene rings is 1. The van der Waals surface area contributed by atoms with Crippen molar-refractivity contribution in [2.75, 3.05) is 32.7 Å². The Morgan fingerprint density at radius 2 is 1.64 bits per heavy atom. The van der Waals surface area contributed by atoms with Gasteiger partial charge in [-0.05, 0) is 52.0 Å². The third-order valence-corrected chi connectivity index (χ3v) is 3.95. The van der Waals surface area contributed by atoms with Crippen molar-refractivity contribution in [2.45, 2.75) is 39.8 Å². The van der Waals surface area contributed by atoms with Gasteiger partial charge in [-0.15, -0.1) is 0 Å². The molecule has 1 aromatic carbocycles. The number of hydrogen-bond donors (Lipinski definition) is 1. The topological polar surface area (TPSA) is 61.9 Å². The molecule has 0 saturated carbocycles. The number of rotatable bonds is 6. The van der Waals surface area contributed by atoms with Crippen LogP contribution < -0.4 is 10.1 Å². The monoisotopic (exact) mass is 347 g/mol. The fraction of sp³-hybridized carbons (Fsp3) is 0.579. The zero-order valence-electron chi connectivity index (χ0n) is 15.6. The lowest BCUT2D eigenvalue weighted by molar-refractivity contribution is -0.123. The molecule has 6 nitrogen and oxygen atoms in total. The van der Waals surface area contributed by atoms with Crippen molar-refractivity contribution in [3.8, 4) is 5.75 Å². The molecule has 1 aromatic rings. The molecule has 138 valence electrons. The van der Waals surface area contributed by atoms with Gasteiger partial charge in [0.15, 0.2) is 0 Å². The summed E-state index contributed by atoms with van der Waals surface area (Å²) in [4.78, 5) is 28.3. The summed E-state index contributed by atoms with van der Waals surface area (Å²) in [6.45, 7) is 10.9. The molecule has 1 aliphatic rings. The molecule has 1 saturated heterocycles. The summed E-state index contributed by atoms with van der Waals surface area (Å²) in [5.74, 6) is 0.838. The van der Waals surface area contributed by atoms with Gasteiger partial charge in [0.25, 0.3) is 5.91 Å². The van der Waals surface area contributed by atoms with Gasteiger partial charge in [0.2, 0.25) is 5.91 Å². The molecule has 0 aliphatic carbocycles. The Balaban J connectivity index is 1.83. The van der Waals surface area contributed by atoms with Crippen molar-refractivity contribution < 1.29 is 14.3 Å². The Hall–Kier alpha value is -2.08. The highest BCUT2D eigenvalue weighted by Crippen LogP contribution is 2.16. The summed E-state index contributed by atoms with van der Waals surface area (Å²) in [6, 6.07) is 7.43. The zero-order valence-corrected chi connectivity index (χ0v) is 15.6. The van der Waals surface area contributed by atoms with Crippen LogP contribution in [0.5, 0.6) is 5.75 Å². The number of ether oxygens (including phenoxy) is 1. The fourth-order valence-corrected chi connectivity index (χ4v) is 2.81. The maximum atomic E-state index is 12.6. The van der Waals surface area contributed by atoms with Crippen molar-refractivity contribution in [2.24, 2.45) is 0 Å². The summed E-state index contributed by atoms with van der Waals surface area (Å²) in [5, 5.41) is 2.90. The molecule has 1 N–H and O–H groups in total. The van der Waals surface area contributed by atoms with Crippen LogP contribution in [-0.2, 0) is 4.79 Å². The first kappa shape index (κ1) is 19.2. The zero-order chi connectivity index (χ0) is 18.4. The van der Waals surface area contributed by atoms with E-state index < -0.39 is 0 Å². The molecule has 0 unspecified atom stereocenters. The van der Waals surface area contributed by atoms with Crippen LogP contribution in [0.1, 0.15) is 38.1 Å². The molecule has 0 bridgehead atoms. The molecule has 2 rings (SSSR count). The highest BCUT2D eigenvalue weighted by Gasteiger charge is 2.23. The van der Waals surface area contributed by atoms with Gasteiger partial charge in [-0.2, -0.15) is 0 Å². The first-order chi connectivity index (χ1) is 11.8. The average molecular weight is 347 g/mol. The van der Waals surface area contributed by atoms with Crippen molar-refractivity contribution >= 4 is 11.8 Å². The second kappa shape index (κ2) is 8.85. The molecule has 0 spiro atoms. The predicted octanol–water partition coefficient (Wildman–Crippen LogP) is 1.76. The van der Waals surface area contributed by atoms with E-state index in [4.69, 9.17) is 4.74 Å². The Labute approximate surface area is 150 Å². The standard InChI is InChI=1S/C19H29N3O3/c1-14(2)20-18(23)13-21-9-11-22(12-10-21)19(24)16-5-7-17(8-6-16)25-15(3)4/h5-8,14-15H,9-13H2,1-4H3,(H,20,23). The summed E-state index contributed by atoms with van der Waals surface area (Å²) in [7, 11) is 0. The summed E-state index contributed by atoms with van der Waals surface area (Å²) < 4.78 is 5.60. The smallest absolute Gasteiger partial charge is 0.253 e. The lowest BCUT2D eigenvalue weighted by Crippen LogP contribution is -2.51. The van der Waals surface area contributed by atoms with Gasteiger partial charge in [-0.25, -0.2) is 0 Å². The van der Waals surface area contributed by atoms with E-state index in [1.54, 1.807) is 0 Å². The maximum Gasteiger partial charge on any atom is 0.253 e. The fourth-order valence-electron chi connectivity index (χ4n) is 2.81. The lowest BCUT2D eigenvalue weighted by atomic mass is 10.1. The molecular formula is C19H29N3O3. The average Bonchev–Trinajstić information content (AvgIpc) is 2.54. The van der Waals surface area contributed by atoms with E-state index in [2.05, 4.69) is 10.2 Å². The molecule has 0 aromatic heterocycles. The summed E-state index contributed by atoms with van der Waals surface area (Å²) >= 11 is 0. The van der Waals surface area contributed by atoms with E-state index in [0.717, 1.165) is 5.75 Å². The minimum absolute atomic E-state index is 0.0300. The van der Waals surface area contributed by atoms with Crippen molar-refractivity contribution in [1.82, 2.24) is 15.1 Å². The minimum atomic E-state index is 0.0300. The molecule has 1 aliphatic heterocycles. The number of piperazine rings is 1. The van der Waals surface area contributed by atoms with E-state index in [1.807, 2.05) is 56.9 Å². The Kier molecular flexibility index (Phi) is 6.82. The normalized spacial score (nSPS) is 15.5. The quantitative estimate of drug-likeness (QED) is 0.852. The van der Waals surface area contributed by atoms with E-state index >= 15 is 0 Å². The predicted molar refractivity (Wildman–Crippen MR) is 97.8 cm³/mol. The van der Waals surface area contributed by atoms with Crippen LogP contribution in [0.4, 0.5) is 0 Å². The van der Waals surface area contributed by atoms with Gasteiger partial charge < -0.3 is 15.0 Å². The SMILES string of the molecule is CC(C)NC(=O)CN1CCN(C(=O)c2ccc(OC(C)C)cc2)CC1. The molecule has 6 heteroatoms. The Bertz CT molecular complexity index is 576. The highest BCUT2D eigenvalue weighted by molar-refractivity contribution is 5.94. The van der Waals surface area contributed by atoms with Crippen molar-refractivity contribution in [3.63, 3.8) is 0 Å². The minimum Gasteiger partial charge on any atom is -0.491 e. The van der Waals surface area contributed by atoms with Gasteiger partial charge in [0, 0.05) is 37.8 Å². The second-order valence-electron chi connectivity index (χ2n) is 6.98. The number of carbonyl (C=O) groups excluding carboxylic acids is 2. The van der Waals surface area contributed by atoms with Crippen LogP contribution >= 0.6 is 0 Å². The largest absolute Gasteiger partial charge is 0.491 e. The first-order valence-corrected chi connectivity index (χ1v) is 8.93. The molecule has 2 amide bonds. The van der Waals surface area contributed by atoms with Gasteiger partial charge in [0.05, 0.1) is 12.6 Å².